The van der Waals surface area contributed by atoms with Gasteiger partial charge in [-0.15, -0.1) is 0 Å². The van der Waals surface area contributed by atoms with Crippen molar-refractivity contribution in [2.45, 2.75) is 26.4 Å². The molecule has 0 heterocycles. The molecule has 0 bridgehead atoms. The summed E-state index contributed by atoms with van der Waals surface area (Å²) in [6, 6.07) is 4.52. The van der Waals surface area contributed by atoms with Gasteiger partial charge in [-0.3, -0.25) is 10.2 Å². The molecule has 6 nitrogen and oxygen atoms in total. The SMILES string of the molecule is Cc1c(Cl)cccc1NC(=O)NNC(=O)CC(C)O. The predicted octanol–water partition coefficient (Wildman–Crippen LogP) is 1.57. The molecule has 0 aliphatic heterocycles. The first kappa shape index (κ1) is 15.3. The number of amides is 3. The van der Waals surface area contributed by atoms with E-state index >= 15 is 0 Å². The molecule has 0 aliphatic carbocycles. The average molecular weight is 286 g/mol. The van der Waals surface area contributed by atoms with Crippen molar-refractivity contribution in [1.29, 1.82) is 0 Å². The van der Waals surface area contributed by atoms with Gasteiger partial charge in [0, 0.05) is 10.7 Å². The number of benzene rings is 1. The monoisotopic (exact) mass is 285 g/mol. The summed E-state index contributed by atoms with van der Waals surface area (Å²) in [7, 11) is 0. The minimum atomic E-state index is -0.764. The van der Waals surface area contributed by atoms with E-state index in [1.54, 1.807) is 25.1 Å². The van der Waals surface area contributed by atoms with Crippen LogP contribution in [-0.2, 0) is 4.79 Å². The molecule has 1 rings (SSSR count). The second-order valence-corrected chi connectivity index (χ2v) is 4.50. The number of hydrogen-bond acceptors (Lipinski definition) is 3. The molecule has 1 aromatic rings. The third kappa shape index (κ3) is 5.15. The Balaban J connectivity index is 2.48. The van der Waals surface area contributed by atoms with Crippen LogP contribution >= 0.6 is 11.6 Å². The number of hydrogen-bond donors (Lipinski definition) is 4. The summed E-state index contributed by atoms with van der Waals surface area (Å²) in [4.78, 5) is 22.7. The van der Waals surface area contributed by atoms with Gasteiger partial charge in [-0.1, -0.05) is 17.7 Å². The summed E-state index contributed by atoms with van der Waals surface area (Å²) in [6.07, 6.45) is -0.851. The second kappa shape index (κ2) is 6.96. The van der Waals surface area contributed by atoms with Crippen molar-refractivity contribution in [2.24, 2.45) is 0 Å². The number of rotatable bonds is 3. The maximum atomic E-state index is 11.5. The van der Waals surface area contributed by atoms with E-state index in [1.807, 2.05) is 0 Å². The average Bonchev–Trinajstić information content (AvgIpc) is 2.32. The largest absolute Gasteiger partial charge is 0.393 e. The number of aliphatic hydroxyl groups excluding tert-OH is 1. The molecule has 0 spiro atoms. The molecule has 0 radical (unpaired) electrons. The molecule has 1 atom stereocenters. The standard InChI is InChI=1S/C12H16ClN3O3/c1-7(17)6-11(18)15-16-12(19)14-10-5-3-4-9(13)8(10)2/h3-5,7,17H,6H2,1-2H3,(H,15,18)(H2,14,16,19). The van der Waals surface area contributed by atoms with Crippen molar-refractivity contribution < 1.29 is 14.7 Å². The van der Waals surface area contributed by atoms with Crippen LogP contribution in [0.5, 0.6) is 0 Å². The number of aliphatic hydroxyl groups is 1. The number of nitrogens with one attached hydrogen (secondary N) is 3. The Kier molecular flexibility index (Phi) is 5.59. The Morgan fingerprint density at radius 3 is 2.68 bits per heavy atom. The number of hydrazine groups is 1. The first-order chi connectivity index (χ1) is 8.90. The van der Waals surface area contributed by atoms with Crippen LogP contribution < -0.4 is 16.2 Å². The topological polar surface area (TPSA) is 90.5 Å². The molecule has 3 amide bonds. The first-order valence-corrected chi connectivity index (χ1v) is 6.07. The minimum absolute atomic E-state index is 0.0868. The van der Waals surface area contributed by atoms with Crippen molar-refractivity contribution in [3.63, 3.8) is 0 Å². The highest BCUT2D eigenvalue weighted by Gasteiger charge is 2.09. The fourth-order valence-corrected chi connectivity index (χ4v) is 1.52. The molecule has 1 unspecified atom stereocenters. The van der Waals surface area contributed by atoms with Crippen LogP contribution in [0.15, 0.2) is 18.2 Å². The number of urea groups is 1. The highest BCUT2D eigenvalue weighted by atomic mass is 35.5. The van der Waals surface area contributed by atoms with E-state index in [9.17, 15) is 9.59 Å². The molecule has 0 saturated heterocycles. The van der Waals surface area contributed by atoms with E-state index in [4.69, 9.17) is 16.7 Å². The highest BCUT2D eigenvalue weighted by molar-refractivity contribution is 6.31. The van der Waals surface area contributed by atoms with Gasteiger partial charge in [0.25, 0.3) is 0 Å². The van der Waals surface area contributed by atoms with E-state index in [0.29, 0.717) is 10.7 Å². The quantitative estimate of drug-likeness (QED) is 0.636. The molecule has 1 aromatic carbocycles. The van der Waals surface area contributed by atoms with Gasteiger partial charge in [-0.25, -0.2) is 10.2 Å². The van der Waals surface area contributed by atoms with Gasteiger partial charge >= 0.3 is 6.03 Å². The van der Waals surface area contributed by atoms with Crippen LogP contribution in [-0.4, -0.2) is 23.1 Å². The number of halogens is 1. The molecule has 7 heteroatoms. The lowest BCUT2D eigenvalue weighted by molar-refractivity contribution is -0.123. The summed E-state index contributed by atoms with van der Waals surface area (Å²) in [5.41, 5.74) is 5.64. The Labute approximate surface area is 116 Å². The molecule has 4 N–H and O–H groups in total. The Bertz CT molecular complexity index is 477. The van der Waals surface area contributed by atoms with Crippen LogP contribution in [0.1, 0.15) is 18.9 Å². The Morgan fingerprint density at radius 2 is 2.05 bits per heavy atom. The lowest BCUT2D eigenvalue weighted by Crippen LogP contribution is -2.44. The van der Waals surface area contributed by atoms with Gasteiger partial charge in [0.05, 0.1) is 12.5 Å². The third-order valence-electron chi connectivity index (χ3n) is 2.31. The van der Waals surface area contributed by atoms with E-state index in [2.05, 4.69) is 16.2 Å². The fourth-order valence-electron chi connectivity index (χ4n) is 1.34. The van der Waals surface area contributed by atoms with Crippen molar-refractivity contribution in [1.82, 2.24) is 10.9 Å². The normalized spacial score (nSPS) is 11.6. The van der Waals surface area contributed by atoms with Gasteiger partial charge in [0.2, 0.25) is 5.91 Å². The van der Waals surface area contributed by atoms with Gasteiger partial charge in [0.15, 0.2) is 0 Å². The number of anilines is 1. The summed E-state index contributed by atoms with van der Waals surface area (Å²) in [6.45, 7) is 3.25. The third-order valence-corrected chi connectivity index (χ3v) is 2.72. The predicted molar refractivity (Wildman–Crippen MR) is 72.8 cm³/mol. The van der Waals surface area contributed by atoms with Gasteiger partial charge in [-0.05, 0) is 31.5 Å². The highest BCUT2D eigenvalue weighted by Crippen LogP contribution is 2.22. The summed E-state index contributed by atoms with van der Waals surface area (Å²) in [5, 5.41) is 12.1. The lowest BCUT2D eigenvalue weighted by atomic mass is 10.2. The second-order valence-electron chi connectivity index (χ2n) is 4.09. The zero-order chi connectivity index (χ0) is 14.4. The van der Waals surface area contributed by atoms with Crippen LogP contribution in [0.3, 0.4) is 0 Å². The Morgan fingerprint density at radius 1 is 1.37 bits per heavy atom. The Hall–Kier alpha value is -1.79. The minimum Gasteiger partial charge on any atom is -0.393 e. The summed E-state index contributed by atoms with van der Waals surface area (Å²) in [5.74, 6) is -0.479. The van der Waals surface area contributed by atoms with Crippen LogP contribution in [0.2, 0.25) is 5.02 Å². The smallest absolute Gasteiger partial charge is 0.337 e. The zero-order valence-electron chi connectivity index (χ0n) is 10.7. The zero-order valence-corrected chi connectivity index (χ0v) is 11.4. The maximum absolute atomic E-state index is 11.5. The van der Waals surface area contributed by atoms with Crippen molar-refractivity contribution in [3.8, 4) is 0 Å². The van der Waals surface area contributed by atoms with Gasteiger partial charge < -0.3 is 10.4 Å². The molecule has 0 saturated carbocycles. The van der Waals surface area contributed by atoms with Gasteiger partial charge in [-0.2, -0.15) is 0 Å². The van der Waals surface area contributed by atoms with Gasteiger partial charge in [0.1, 0.15) is 0 Å². The van der Waals surface area contributed by atoms with Crippen molar-refractivity contribution >= 4 is 29.2 Å². The molecule has 0 aliphatic rings. The molecule has 19 heavy (non-hydrogen) atoms. The molecule has 0 aromatic heterocycles. The van der Waals surface area contributed by atoms with E-state index in [0.717, 1.165) is 5.56 Å². The van der Waals surface area contributed by atoms with E-state index in [-0.39, 0.29) is 6.42 Å². The van der Waals surface area contributed by atoms with E-state index in [1.165, 1.54) is 6.92 Å². The molecular weight excluding hydrogens is 270 g/mol. The van der Waals surface area contributed by atoms with Crippen LogP contribution in [0.25, 0.3) is 0 Å². The first-order valence-electron chi connectivity index (χ1n) is 5.69. The summed E-state index contributed by atoms with van der Waals surface area (Å²) < 4.78 is 0. The maximum Gasteiger partial charge on any atom is 0.337 e. The molecule has 104 valence electrons. The van der Waals surface area contributed by atoms with Crippen molar-refractivity contribution in [2.75, 3.05) is 5.32 Å². The molecule has 0 fully saturated rings. The number of carbonyl (C=O) groups excluding carboxylic acids is 2. The number of carbonyl (C=O) groups is 2. The summed E-state index contributed by atoms with van der Waals surface area (Å²) >= 11 is 5.91. The fraction of sp³-hybridized carbons (Fsp3) is 0.333. The molecular formula is C12H16ClN3O3. The van der Waals surface area contributed by atoms with Crippen molar-refractivity contribution in [3.05, 3.63) is 28.8 Å². The van der Waals surface area contributed by atoms with Crippen LogP contribution in [0.4, 0.5) is 10.5 Å². The van der Waals surface area contributed by atoms with Crippen LogP contribution in [0, 0.1) is 6.92 Å². The lowest BCUT2D eigenvalue weighted by Gasteiger charge is -2.11. The van der Waals surface area contributed by atoms with E-state index < -0.39 is 18.0 Å².